The number of rotatable bonds is 6. The highest BCUT2D eigenvalue weighted by atomic mass is 16.5. The normalized spacial score (nSPS) is 10.2. The molecule has 7 heteroatoms. The lowest BCUT2D eigenvalue weighted by molar-refractivity contribution is -0.121. The van der Waals surface area contributed by atoms with Crippen LogP contribution >= 0.6 is 0 Å². The van der Waals surface area contributed by atoms with Crippen LogP contribution in [0.15, 0.2) is 0 Å². The van der Waals surface area contributed by atoms with Gasteiger partial charge in [0.2, 0.25) is 5.91 Å². The number of carbonyl (C=O) groups is 2. The van der Waals surface area contributed by atoms with Crippen LogP contribution < -0.4 is 5.32 Å². The van der Waals surface area contributed by atoms with Crippen molar-refractivity contribution in [3.63, 3.8) is 0 Å². The maximum Gasteiger partial charge on any atom is 0.360 e. The molecule has 1 N–H and O–H groups in total. The third kappa shape index (κ3) is 3.28. The number of hydrogen-bond acceptors (Lipinski definition) is 5. The van der Waals surface area contributed by atoms with Crippen molar-refractivity contribution in [1.29, 1.82) is 0 Å². The Kier molecular flexibility index (Phi) is 5.29. The SMILES string of the molecule is CCCc1c(C(=O)OCC)nnn1CC(=O)NC. The molecule has 1 aromatic rings. The molecule has 0 unspecified atom stereocenters. The van der Waals surface area contributed by atoms with Gasteiger partial charge in [0.1, 0.15) is 6.54 Å². The number of carbonyl (C=O) groups excluding carboxylic acids is 2. The van der Waals surface area contributed by atoms with Crippen molar-refractivity contribution in [3.8, 4) is 0 Å². The highest BCUT2D eigenvalue weighted by Gasteiger charge is 2.20. The summed E-state index contributed by atoms with van der Waals surface area (Å²) in [6.45, 7) is 4.05. The van der Waals surface area contributed by atoms with Crippen molar-refractivity contribution in [1.82, 2.24) is 20.3 Å². The molecule has 1 amide bonds. The second kappa shape index (κ2) is 6.73. The molecule has 18 heavy (non-hydrogen) atoms. The minimum absolute atomic E-state index is 0.0538. The standard InChI is InChI=1S/C11H18N4O3/c1-4-6-8-10(11(17)18-5-2)13-14-15(8)7-9(16)12-3/h4-7H2,1-3H3,(H,12,16). The number of esters is 1. The summed E-state index contributed by atoms with van der Waals surface area (Å²) in [5, 5.41) is 10.1. The van der Waals surface area contributed by atoms with Gasteiger partial charge < -0.3 is 10.1 Å². The molecule has 0 saturated heterocycles. The minimum atomic E-state index is -0.496. The van der Waals surface area contributed by atoms with E-state index in [0.717, 1.165) is 6.42 Å². The molecule has 100 valence electrons. The number of likely N-dealkylation sites (N-methyl/N-ethyl adjacent to an activating group) is 1. The van der Waals surface area contributed by atoms with Crippen LogP contribution in [0.1, 0.15) is 36.5 Å². The highest BCUT2D eigenvalue weighted by Crippen LogP contribution is 2.10. The van der Waals surface area contributed by atoms with Crippen LogP contribution in [0.2, 0.25) is 0 Å². The van der Waals surface area contributed by atoms with Crippen LogP contribution in [0.4, 0.5) is 0 Å². The molecule has 0 saturated carbocycles. The van der Waals surface area contributed by atoms with E-state index in [0.29, 0.717) is 12.1 Å². The van der Waals surface area contributed by atoms with Crippen LogP contribution in [0.5, 0.6) is 0 Å². The fourth-order valence-electron chi connectivity index (χ4n) is 1.52. The number of nitrogens with one attached hydrogen (secondary N) is 1. The molecule has 0 atom stereocenters. The van der Waals surface area contributed by atoms with Crippen LogP contribution in [-0.4, -0.2) is 40.5 Å². The maximum atomic E-state index is 11.7. The van der Waals surface area contributed by atoms with Crippen molar-refractivity contribution in [2.45, 2.75) is 33.2 Å². The predicted molar refractivity (Wildman–Crippen MR) is 64.0 cm³/mol. The molecular formula is C11H18N4O3. The van der Waals surface area contributed by atoms with Crippen molar-refractivity contribution < 1.29 is 14.3 Å². The van der Waals surface area contributed by atoms with Crippen molar-refractivity contribution in [2.24, 2.45) is 0 Å². The van der Waals surface area contributed by atoms with Crippen molar-refractivity contribution in [3.05, 3.63) is 11.4 Å². The molecule has 0 spiro atoms. The summed E-state index contributed by atoms with van der Waals surface area (Å²) in [4.78, 5) is 23.0. The van der Waals surface area contributed by atoms with Gasteiger partial charge in [-0.1, -0.05) is 18.6 Å². The van der Waals surface area contributed by atoms with Gasteiger partial charge in [-0.25, -0.2) is 9.48 Å². The molecule has 0 aliphatic heterocycles. The zero-order valence-electron chi connectivity index (χ0n) is 10.9. The lowest BCUT2D eigenvalue weighted by Crippen LogP contribution is -2.25. The molecule has 0 fully saturated rings. The maximum absolute atomic E-state index is 11.7. The summed E-state index contributed by atoms with van der Waals surface area (Å²) >= 11 is 0. The number of aromatic nitrogens is 3. The average Bonchev–Trinajstić information content (AvgIpc) is 2.73. The highest BCUT2D eigenvalue weighted by molar-refractivity contribution is 5.88. The van der Waals surface area contributed by atoms with E-state index in [-0.39, 0.29) is 24.8 Å². The molecule has 1 aromatic heterocycles. The molecule has 1 rings (SSSR count). The van der Waals surface area contributed by atoms with Crippen molar-refractivity contribution >= 4 is 11.9 Å². The third-order valence-corrected chi connectivity index (χ3v) is 2.37. The summed E-state index contributed by atoms with van der Waals surface area (Å²) < 4.78 is 6.34. The number of hydrogen-bond donors (Lipinski definition) is 1. The van der Waals surface area contributed by atoms with Crippen molar-refractivity contribution in [2.75, 3.05) is 13.7 Å². The zero-order valence-corrected chi connectivity index (χ0v) is 10.9. The fourth-order valence-corrected chi connectivity index (χ4v) is 1.52. The molecule has 0 aromatic carbocycles. The lowest BCUT2D eigenvalue weighted by atomic mass is 10.2. The molecule has 0 aliphatic rings. The van der Waals surface area contributed by atoms with Crippen LogP contribution in [0.25, 0.3) is 0 Å². The van der Waals surface area contributed by atoms with Gasteiger partial charge in [0.05, 0.1) is 12.3 Å². The van der Waals surface area contributed by atoms with E-state index in [1.807, 2.05) is 6.92 Å². The topological polar surface area (TPSA) is 86.1 Å². The first-order valence-electron chi connectivity index (χ1n) is 5.94. The molecule has 7 nitrogen and oxygen atoms in total. The van der Waals surface area contributed by atoms with E-state index < -0.39 is 5.97 Å². The van der Waals surface area contributed by atoms with Gasteiger partial charge in [0.25, 0.3) is 0 Å². The van der Waals surface area contributed by atoms with E-state index >= 15 is 0 Å². The fraction of sp³-hybridized carbons (Fsp3) is 0.636. The first-order valence-corrected chi connectivity index (χ1v) is 5.94. The summed E-state index contributed by atoms with van der Waals surface area (Å²) in [6, 6.07) is 0. The monoisotopic (exact) mass is 254 g/mol. The Balaban J connectivity index is 2.98. The second-order valence-electron chi connectivity index (χ2n) is 3.69. The molecule has 0 radical (unpaired) electrons. The third-order valence-electron chi connectivity index (χ3n) is 2.37. The molecule has 0 bridgehead atoms. The summed E-state index contributed by atoms with van der Waals surface area (Å²) in [5.74, 6) is -0.684. The number of ether oxygens (including phenoxy) is 1. The molecule has 1 heterocycles. The Hall–Kier alpha value is -1.92. The predicted octanol–water partition coefficient (Wildman–Crippen LogP) is 0.153. The van der Waals surface area contributed by atoms with Gasteiger partial charge in [-0.3, -0.25) is 4.79 Å². The molecule has 0 aliphatic carbocycles. The largest absolute Gasteiger partial charge is 0.461 e. The molecular weight excluding hydrogens is 236 g/mol. The van der Waals surface area contributed by atoms with Gasteiger partial charge in [0, 0.05) is 7.05 Å². The van der Waals surface area contributed by atoms with E-state index in [1.165, 1.54) is 4.68 Å². The smallest absolute Gasteiger partial charge is 0.360 e. The summed E-state index contributed by atoms with van der Waals surface area (Å²) in [7, 11) is 1.55. The lowest BCUT2D eigenvalue weighted by Gasteiger charge is -2.06. The first-order chi connectivity index (χ1) is 8.63. The Bertz CT molecular complexity index is 428. The Morgan fingerprint density at radius 3 is 2.67 bits per heavy atom. The summed E-state index contributed by atoms with van der Waals surface area (Å²) in [6.07, 6.45) is 1.45. The zero-order chi connectivity index (χ0) is 13.5. The Labute approximate surface area is 105 Å². The van der Waals surface area contributed by atoms with E-state index in [2.05, 4.69) is 15.6 Å². The van der Waals surface area contributed by atoms with Gasteiger partial charge in [0.15, 0.2) is 5.69 Å². The van der Waals surface area contributed by atoms with E-state index in [4.69, 9.17) is 4.74 Å². The van der Waals surface area contributed by atoms with Gasteiger partial charge in [-0.2, -0.15) is 0 Å². The van der Waals surface area contributed by atoms with Crippen LogP contribution in [0.3, 0.4) is 0 Å². The average molecular weight is 254 g/mol. The second-order valence-corrected chi connectivity index (χ2v) is 3.69. The number of amides is 1. The first kappa shape index (κ1) is 14.1. The van der Waals surface area contributed by atoms with Gasteiger partial charge >= 0.3 is 5.97 Å². The van der Waals surface area contributed by atoms with Gasteiger partial charge in [-0.05, 0) is 13.3 Å². The van der Waals surface area contributed by atoms with Crippen LogP contribution in [-0.2, 0) is 22.5 Å². The quantitative estimate of drug-likeness (QED) is 0.730. The van der Waals surface area contributed by atoms with Crippen LogP contribution in [0, 0.1) is 0 Å². The minimum Gasteiger partial charge on any atom is -0.461 e. The summed E-state index contributed by atoms with van der Waals surface area (Å²) in [5.41, 5.74) is 0.835. The Morgan fingerprint density at radius 2 is 2.11 bits per heavy atom. The number of nitrogens with zero attached hydrogens (tertiary/aromatic N) is 3. The van der Waals surface area contributed by atoms with E-state index in [1.54, 1.807) is 14.0 Å². The Morgan fingerprint density at radius 1 is 1.39 bits per heavy atom. The van der Waals surface area contributed by atoms with E-state index in [9.17, 15) is 9.59 Å². The van der Waals surface area contributed by atoms with Gasteiger partial charge in [-0.15, -0.1) is 5.10 Å².